The number of hydrogen-bond donors (Lipinski definition) is 0. The van der Waals surface area contributed by atoms with Crippen molar-refractivity contribution in [3.63, 3.8) is 0 Å². The van der Waals surface area contributed by atoms with Gasteiger partial charge in [-0.05, 0) is 42.8 Å². The fraction of sp³-hybridized carbons (Fsp3) is 0.200. The number of carbonyl (C=O) groups is 2. The van der Waals surface area contributed by atoms with Gasteiger partial charge < -0.3 is 18.6 Å². The smallest absolute Gasteiger partial charge is 0.350 e. The summed E-state index contributed by atoms with van der Waals surface area (Å²) in [7, 11) is 4.27. The van der Waals surface area contributed by atoms with Gasteiger partial charge in [0, 0.05) is 5.02 Å². The molecule has 1 aliphatic rings. The highest BCUT2D eigenvalue weighted by Crippen LogP contribution is 2.44. The summed E-state index contributed by atoms with van der Waals surface area (Å²) < 4.78 is 21.6. The zero-order valence-electron chi connectivity index (χ0n) is 19.6. The number of anilines is 1. The minimum atomic E-state index is -0.914. The number of amides is 1. The van der Waals surface area contributed by atoms with Crippen molar-refractivity contribution in [2.24, 2.45) is 0 Å². The third-order valence-electron chi connectivity index (χ3n) is 5.92. The number of fused-ring (bicyclic) bond motifs is 2. The number of benzene rings is 2. The second-order valence-corrected chi connectivity index (χ2v) is 9.32. The Hall–Kier alpha value is -3.89. The zero-order valence-corrected chi connectivity index (χ0v) is 21.2. The number of ether oxygens (including phenoxy) is 3. The van der Waals surface area contributed by atoms with E-state index in [-0.39, 0.29) is 32.3 Å². The number of carbonyl (C=O) groups excluding carboxylic acids is 2. The first-order valence-electron chi connectivity index (χ1n) is 10.7. The van der Waals surface area contributed by atoms with Crippen LogP contribution in [0, 0.1) is 6.92 Å². The van der Waals surface area contributed by atoms with E-state index in [1.807, 2.05) is 0 Å². The van der Waals surface area contributed by atoms with E-state index < -0.39 is 23.3 Å². The second-order valence-electron chi connectivity index (χ2n) is 7.91. The minimum absolute atomic E-state index is 0.109. The van der Waals surface area contributed by atoms with E-state index in [1.54, 1.807) is 37.3 Å². The quantitative estimate of drug-likeness (QED) is 0.342. The number of thiazole rings is 1. The lowest BCUT2D eigenvalue weighted by Gasteiger charge is -2.23. The van der Waals surface area contributed by atoms with Crippen LogP contribution in [0.25, 0.3) is 11.0 Å². The summed E-state index contributed by atoms with van der Waals surface area (Å²) in [6, 6.07) is 8.81. The van der Waals surface area contributed by atoms with Crippen molar-refractivity contribution in [3.8, 4) is 11.5 Å². The molecule has 5 rings (SSSR count). The van der Waals surface area contributed by atoms with Crippen molar-refractivity contribution in [2.75, 3.05) is 26.2 Å². The highest BCUT2D eigenvalue weighted by atomic mass is 35.5. The molecule has 9 nitrogen and oxygen atoms in total. The first-order chi connectivity index (χ1) is 17.3. The molecule has 36 heavy (non-hydrogen) atoms. The van der Waals surface area contributed by atoms with Crippen LogP contribution in [-0.2, 0) is 4.74 Å². The van der Waals surface area contributed by atoms with Crippen LogP contribution < -0.4 is 19.8 Å². The van der Waals surface area contributed by atoms with Crippen molar-refractivity contribution in [2.45, 2.75) is 13.0 Å². The molecule has 1 atom stereocenters. The number of halogens is 1. The van der Waals surface area contributed by atoms with Gasteiger partial charge >= 0.3 is 5.97 Å². The molecule has 0 saturated heterocycles. The lowest BCUT2D eigenvalue weighted by atomic mass is 9.98. The van der Waals surface area contributed by atoms with Crippen LogP contribution in [0.3, 0.4) is 0 Å². The molecular weight excluding hydrogens is 508 g/mol. The number of nitrogens with zero attached hydrogens (tertiary/aromatic N) is 2. The number of aromatic nitrogens is 1. The van der Waals surface area contributed by atoms with Crippen LogP contribution in [0.1, 0.15) is 43.1 Å². The van der Waals surface area contributed by atoms with Gasteiger partial charge in [-0.2, -0.15) is 0 Å². The molecule has 2 aromatic carbocycles. The molecule has 0 bridgehead atoms. The van der Waals surface area contributed by atoms with Crippen molar-refractivity contribution >= 4 is 50.9 Å². The maximum Gasteiger partial charge on any atom is 0.350 e. The fourth-order valence-electron chi connectivity index (χ4n) is 4.25. The Morgan fingerprint density at radius 1 is 1.08 bits per heavy atom. The SMILES string of the molecule is COC(=O)c1sc(N2C(=O)c3oc4ccc(Cl)cc4c(=O)c3C2c2ccc(OC)c(OC)c2)nc1C. The van der Waals surface area contributed by atoms with Crippen LogP contribution in [0.5, 0.6) is 11.5 Å². The van der Waals surface area contributed by atoms with Gasteiger partial charge in [-0.3, -0.25) is 14.5 Å². The van der Waals surface area contributed by atoms with Gasteiger partial charge in [-0.1, -0.05) is 29.0 Å². The Bertz CT molecular complexity index is 1610. The first-order valence-corrected chi connectivity index (χ1v) is 11.9. The minimum Gasteiger partial charge on any atom is -0.493 e. The molecule has 0 saturated carbocycles. The third kappa shape index (κ3) is 3.61. The maximum absolute atomic E-state index is 13.7. The number of esters is 1. The number of methoxy groups -OCH3 is 3. The molecule has 0 fully saturated rings. The standard InChI is InChI=1S/C25H19ClN2O7S/c1-11-22(24(31)34-4)36-25(27-11)28-19(12-5-7-16(32-2)17(9-12)33-3)18-20(29)14-10-13(26)6-8-15(14)35-21(18)23(28)30/h5-10,19H,1-4H3. The normalized spacial score (nSPS) is 14.8. The molecule has 0 radical (unpaired) electrons. The van der Waals surface area contributed by atoms with Gasteiger partial charge in [0.05, 0.1) is 44.0 Å². The van der Waals surface area contributed by atoms with Crippen molar-refractivity contribution in [3.05, 3.63) is 79.1 Å². The lowest BCUT2D eigenvalue weighted by molar-refractivity contribution is 0.0605. The lowest BCUT2D eigenvalue weighted by Crippen LogP contribution is -2.29. The molecular formula is C25H19ClN2O7S. The van der Waals surface area contributed by atoms with Crippen LogP contribution in [0.15, 0.2) is 45.6 Å². The molecule has 11 heteroatoms. The number of rotatable bonds is 5. The molecule has 1 aliphatic heterocycles. The third-order valence-corrected chi connectivity index (χ3v) is 7.29. The predicted molar refractivity (Wildman–Crippen MR) is 134 cm³/mol. The van der Waals surface area contributed by atoms with Crippen molar-refractivity contribution in [1.82, 2.24) is 4.98 Å². The van der Waals surface area contributed by atoms with Crippen LogP contribution in [0.2, 0.25) is 5.02 Å². The first kappa shape index (κ1) is 23.8. The average molecular weight is 527 g/mol. The van der Waals surface area contributed by atoms with Gasteiger partial charge in [0.15, 0.2) is 22.1 Å². The summed E-state index contributed by atoms with van der Waals surface area (Å²) in [5.74, 6) is -0.356. The monoisotopic (exact) mass is 526 g/mol. The average Bonchev–Trinajstić information content (AvgIpc) is 3.40. The Kier molecular flexibility index (Phi) is 5.93. The van der Waals surface area contributed by atoms with E-state index in [0.717, 1.165) is 11.3 Å². The van der Waals surface area contributed by atoms with Gasteiger partial charge in [-0.15, -0.1) is 0 Å². The highest BCUT2D eigenvalue weighted by Gasteiger charge is 2.45. The molecule has 4 aromatic rings. The summed E-state index contributed by atoms with van der Waals surface area (Å²) in [5.41, 5.74) is 0.920. The van der Waals surface area contributed by atoms with Crippen LogP contribution >= 0.6 is 22.9 Å². The van der Waals surface area contributed by atoms with Gasteiger partial charge in [0.1, 0.15) is 10.5 Å². The van der Waals surface area contributed by atoms with Gasteiger partial charge in [0.25, 0.3) is 5.91 Å². The van der Waals surface area contributed by atoms with E-state index in [0.29, 0.717) is 27.8 Å². The largest absolute Gasteiger partial charge is 0.493 e. The summed E-state index contributed by atoms with van der Waals surface area (Å²) >= 11 is 7.14. The Labute approximate surface area is 213 Å². The summed E-state index contributed by atoms with van der Waals surface area (Å²) in [6.45, 7) is 1.64. The number of hydrogen-bond acceptors (Lipinski definition) is 9. The van der Waals surface area contributed by atoms with E-state index in [9.17, 15) is 14.4 Å². The molecule has 0 N–H and O–H groups in total. The van der Waals surface area contributed by atoms with Gasteiger partial charge in [-0.25, -0.2) is 9.78 Å². The molecule has 184 valence electrons. The molecule has 0 spiro atoms. The van der Waals surface area contributed by atoms with E-state index in [2.05, 4.69) is 4.98 Å². The molecule has 3 heterocycles. The highest BCUT2D eigenvalue weighted by molar-refractivity contribution is 7.17. The predicted octanol–water partition coefficient (Wildman–Crippen LogP) is 4.76. The number of aryl methyl sites for hydroxylation is 1. The van der Waals surface area contributed by atoms with Crippen LogP contribution in [-0.4, -0.2) is 38.2 Å². The van der Waals surface area contributed by atoms with E-state index in [4.69, 9.17) is 30.2 Å². The second kappa shape index (κ2) is 8.96. The molecule has 1 unspecified atom stereocenters. The van der Waals surface area contributed by atoms with E-state index >= 15 is 0 Å². The topological polar surface area (TPSA) is 108 Å². The zero-order chi connectivity index (χ0) is 25.7. The molecule has 1 amide bonds. The van der Waals surface area contributed by atoms with Crippen molar-refractivity contribution < 1.29 is 28.2 Å². The maximum atomic E-state index is 13.7. The molecule has 0 aliphatic carbocycles. The fourth-order valence-corrected chi connectivity index (χ4v) is 5.43. The summed E-state index contributed by atoms with van der Waals surface area (Å²) in [4.78, 5) is 45.8. The Morgan fingerprint density at radius 2 is 1.83 bits per heavy atom. The van der Waals surface area contributed by atoms with Crippen molar-refractivity contribution in [1.29, 1.82) is 0 Å². The Balaban J connectivity index is 1.79. The van der Waals surface area contributed by atoms with Crippen LogP contribution in [0.4, 0.5) is 5.13 Å². The van der Waals surface area contributed by atoms with Gasteiger partial charge in [0.2, 0.25) is 5.76 Å². The Morgan fingerprint density at radius 3 is 2.53 bits per heavy atom. The summed E-state index contributed by atoms with van der Waals surface area (Å²) in [5, 5.41) is 0.814. The summed E-state index contributed by atoms with van der Waals surface area (Å²) in [6.07, 6.45) is 0. The molecule has 2 aromatic heterocycles. The van der Waals surface area contributed by atoms with E-state index in [1.165, 1.54) is 32.3 Å².